The van der Waals surface area contributed by atoms with E-state index in [1.54, 1.807) is 6.92 Å². The Morgan fingerprint density at radius 1 is 1.55 bits per heavy atom. The second-order valence-electron chi connectivity index (χ2n) is 2.12. The Hall–Kier alpha value is -1.47. The van der Waals surface area contributed by atoms with Gasteiger partial charge >= 0.3 is 0 Å². The van der Waals surface area contributed by atoms with Crippen molar-refractivity contribution >= 4 is 0 Å². The molecule has 4 nitrogen and oxygen atoms in total. The summed E-state index contributed by atoms with van der Waals surface area (Å²) in [5.74, 6) is 0.337. The standard InChI is InChI=1S/C7H7N3O/c1-5(11)7-9-3-6(2-8)4-10-7/h3-5,11H,1H3. The van der Waals surface area contributed by atoms with E-state index >= 15 is 0 Å². The minimum Gasteiger partial charge on any atom is -0.385 e. The average Bonchev–Trinajstić information content (AvgIpc) is 2.05. The first-order chi connectivity index (χ1) is 5.24. The molecule has 1 N–H and O–H groups in total. The number of aromatic nitrogens is 2. The number of aliphatic hydroxyl groups is 1. The minimum atomic E-state index is -0.678. The third-order valence-corrected chi connectivity index (χ3v) is 1.17. The molecule has 1 rings (SSSR count). The number of hydrogen-bond donors (Lipinski definition) is 1. The Morgan fingerprint density at radius 3 is 2.45 bits per heavy atom. The highest BCUT2D eigenvalue weighted by atomic mass is 16.3. The summed E-state index contributed by atoms with van der Waals surface area (Å²) in [6.45, 7) is 1.57. The highest BCUT2D eigenvalue weighted by Gasteiger charge is 2.02. The maximum absolute atomic E-state index is 8.98. The lowest BCUT2D eigenvalue weighted by molar-refractivity contribution is 0.189. The van der Waals surface area contributed by atoms with E-state index in [1.165, 1.54) is 12.4 Å². The van der Waals surface area contributed by atoms with Crippen LogP contribution in [0.5, 0.6) is 0 Å². The van der Waals surface area contributed by atoms with E-state index in [2.05, 4.69) is 9.97 Å². The highest BCUT2D eigenvalue weighted by Crippen LogP contribution is 2.03. The van der Waals surface area contributed by atoms with Gasteiger partial charge in [-0.2, -0.15) is 5.26 Å². The maximum atomic E-state index is 8.98. The van der Waals surface area contributed by atoms with Crippen LogP contribution >= 0.6 is 0 Å². The number of aliphatic hydroxyl groups excluding tert-OH is 1. The van der Waals surface area contributed by atoms with Crippen molar-refractivity contribution in [1.29, 1.82) is 5.26 Å². The molecule has 0 saturated carbocycles. The van der Waals surface area contributed by atoms with Gasteiger partial charge in [0.2, 0.25) is 0 Å². The molecule has 0 aromatic carbocycles. The predicted octanol–water partition coefficient (Wildman–Crippen LogP) is 0.402. The maximum Gasteiger partial charge on any atom is 0.156 e. The van der Waals surface area contributed by atoms with Crippen molar-refractivity contribution in [3.8, 4) is 6.07 Å². The summed E-state index contributed by atoms with van der Waals surface area (Å²) in [6, 6.07) is 1.89. The molecular formula is C7H7N3O. The lowest BCUT2D eigenvalue weighted by atomic mass is 10.3. The highest BCUT2D eigenvalue weighted by molar-refractivity contribution is 5.21. The molecule has 1 heterocycles. The summed E-state index contributed by atoms with van der Waals surface area (Å²) in [5.41, 5.74) is 0.398. The topological polar surface area (TPSA) is 69.8 Å². The van der Waals surface area contributed by atoms with Gasteiger partial charge in [0.05, 0.1) is 5.56 Å². The van der Waals surface area contributed by atoms with Crippen molar-refractivity contribution in [3.63, 3.8) is 0 Å². The molecule has 0 radical (unpaired) electrons. The number of nitrogens with zero attached hydrogens (tertiary/aromatic N) is 3. The fourth-order valence-corrected chi connectivity index (χ4v) is 0.611. The minimum absolute atomic E-state index is 0.337. The fraction of sp³-hybridized carbons (Fsp3) is 0.286. The van der Waals surface area contributed by atoms with Crippen LogP contribution in [0.15, 0.2) is 12.4 Å². The Labute approximate surface area is 64.2 Å². The Bertz CT molecular complexity index is 273. The van der Waals surface area contributed by atoms with Crippen LogP contribution in [0.4, 0.5) is 0 Å². The van der Waals surface area contributed by atoms with Gasteiger partial charge in [-0.15, -0.1) is 0 Å². The van der Waals surface area contributed by atoms with Crippen molar-refractivity contribution in [3.05, 3.63) is 23.8 Å². The SMILES string of the molecule is CC(O)c1ncc(C#N)cn1. The van der Waals surface area contributed by atoms with Crippen LogP contribution in [0.1, 0.15) is 24.4 Å². The zero-order chi connectivity index (χ0) is 8.27. The summed E-state index contributed by atoms with van der Waals surface area (Å²) in [4.78, 5) is 7.53. The molecular weight excluding hydrogens is 142 g/mol. The van der Waals surface area contributed by atoms with Crippen LogP contribution in [0.3, 0.4) is 0 Å². The van der Waals surface area contributed by atoms with Gasteiger partial charge in [-0.05, 0) is 6.92 Å². The third-order valence-electron chi connectivity index (χ3n) is 1.17. The van der Waals surface area contributed by atoms with Gasteiger partial charge in [0.1, 0.15) is 12.2 Å². The normalized spacial score (nSPS) is 12.1. The van der Waals surface area contributed by atoms with Crippen LogP contribution < -0.4 is 0 Å². The van der Waals surface area contributed by atoms with E-state index in [1.807, 2.05) is 6.07 Å². The van der Waals surface area contributed by atoms with E-state index in [0.29, 0.717) is 11.4 Å². The molecule has 1 unspecified atom stereocenters. The van der Waals surface area contributed by atoms with Crippen LogP contribution in [-0.2, 0) is 0 Å². The van der Waals surface area contributed by atoms with Crippen molar-refractivity contribution in [2.75, 3.05) is 0 Å². The van der Waals surface area contributed by atoms with Crippen LogP contribution in [0.2, 0.25) is 0 Å². The predicted molar refractivity (Wildman–Crippen MR) is 37.4 cm³/mol. The van der Waals surface area contributed by atoms with Crippen molar-refractivity contribution in [2.45, 2.75) is 13.0 Å². The lowest BCUT2D eigenvalue weighted by Gasteiger charge is -1.99. The molecule has 1 aromatic heterocycles. The van der Waals surface area contributed by atoms with Gasteiger partial charge in [0.25, 0.3) is 0 Å². The number of rotatable bonds is 1. The van der Waals surface area contributed by atoms with Gasteiger partial charge in [0.15, 0.2) is 5.82 Å². The second kappa shape index (κ2) is 3.08. The zero-order valence-corrected chi connectivity index (χ0v) is 6.02. The largest absolute Gasteiger partial charge is 0.385 e. The van der Waals surface area contributed by atoms with Gasteiger partial charge in [0, 0.05) is 12.4 Å². The zero-order valence-electron chi connectivity index (χ0n) is 6.02. The van der Waals surface area contributed by atoms with E-state index in [0.717, 1.165) is 0 Å². The number of nitriles is 1. The monoisotopic (exact) mass is 149 g/mol. The average molecular weight is 149 g/mol. The van der Waals surface area contributed by atoms with Crippen LogP contribution in [0, 0.1) is 11.3 Å². The molecule has 1 aromatic rings. The Morgan fingerprint density at radius 2 is 2.09 bits per heavy atom. The summed E-state index contributed by atoms with van der Waals surface area (Å²) in [6.07, 6.45) is 2.09. The van der Waals surface area contributed by atoms with E-state index in [9.17, 15) is 0 Å². The third kappa shape index (κ3) is 1.72. The van der Waals surface area contributed by atoms with Crippen LogP contribution in [0.25, 0.3) is 0 Å². The van der Waals surface area contributed by atoms with Crippen LogP contribution in [-0.4, -0.2) is 15.1 Å². The summed E-state index contributed by atoms with van der Waals surface area (Å²) in [5, 5.41) is 17.4. The van der Waals surface area contributed by atoms with Gasteiger partial charge in [-0.1, -0.05) is 0 Å². The Balaban J connectivity index is 2.94. The van der Waals surface area contributed by atoms with E-state index in [-0.39, 0.29) is 0 Å². The molecule has 0 saturated heterocycles. The fourth-order valence-electron chi connectivity index (χ4n) is 0.611. The molecule has 0 aliphatic heterocycles. The van der Waals surface area contributed by atoms with Crippen molar-refractivity contribution in [1.82, 2.24) is 9.97 Å². The summed E-state index contributed by atoms with van der Waals surface area (Å²) < 4.78 is 0. The van der Waals surface area contributed by atoms with E-state index in [4.69, 9.17) is 10.4 Å². The quantitative estimate of drug-likeness (QED) is 0.627. The van der Waals surface area contributed by atoms with Gasteiger partial charge in [-0.25, -0.2) is 9.97 Å². The smallest absolute Gasteiger partial charge is 0.156 e. The molecule has 0 bridgehead atoms. The first-order valence-electron chi connectivity index (χ1n) is 3.14. The summed E-state index contributed by atoms with van der Waals surface area (Å²) in [7, 11) is 0. The first kappa shape index (κ1) is 7.63. The first-order valence-corrected chi connectivity index (χ1v) is 3.14. The summed E-state index contributed by atoms with van der Waals surface area (Å²) >= 11 is 0. The molecule has 1 atom stereocenters. The molecule has 0 amide bonds. The van der Waals surface area contributed by atoms with Gasteiger partial charge < -0.3 is 5.11 Å². The Kier molecular flexibility index (Phi) is 2.14. The molecule has 11 heavy (non-hydrogen) atoms. The molecule has 56 valence electrons. The lowest BCUT2D eigenvalue weighted by Crippen LogP contribution is -1.98. The molecule has 0 fully saturated rings. The molecule has 4 heteroatoms. The molecule has 0 aliphatic carbocycles. The van der Waals surface area contributed by atoms with Gasteiger partial charge in [-0.3, -0.25) is 0 Å². The van der Waals surface area contributed by atoms with Crippen molar-refractivity contribution < 1.29 is 5.11 Å². The molecule has 0 spiro atoms. The molecule has 0 aliphatic rings. The van der Waals surface area contributed by atoms with E-state index < -0.39 is 6.10 Å². The van der Waals surface area contributed by atoms with Crippen molar-refractivity contribution in [2.24, 2.45) is 0 Å². The number of hydrogen-bond acceptors (Lipinski definition) is 4. The second-order valence-corrected chi connectivity index (χ2v) is 2.12.